The van der Waals surface area contributed by atoms with E-state index in [1.54, 1.807) is 24.7 Å². The van der Waals surface area contributed by atoms with Crippen LogP contribution >= 0.6 is 0 Å². The van der Waals surface area contributed by atoms with Crippen LogP contribution in [0.1, 0.15) is 32.2 Å². The van der Waals surface area contributed by atoms with E-state index in [0.29, 0.717) is 12.1 Å². The van der Waals surface area contributed by atoms with E-state index in [4.69, 9.17) is 0 Å². The summed E-state index contributed by atoms with van der Waals surface area (Å²) < 4.78 is 27.5. The Balaban J connectivity index is 2.10. The molecule has 0 radical (unpaired) electrons. The first-order valence-corrected chi connectivity index (χ1v) is 9.58. The zero-order valence-electron chi connectivity index (χ0n) is 14.7. The molecule has 2 rings (SSSR count). The monoisotopic (exact) mass is 364 g/mol. The summed E-state index contributed by atoms with van der Waals surface area (Å²) in [7, 11) is -0.586. The number of rotatable bonds is 8. The number of aromatic nitrogens is 2. The number of nitrogens with one attached hydrogen (secondary N) is 1. The van der Waals surface area contributed by atoms with Gasteiger partial charge < -0.3 is 9.88 Å². The van der Waals surface area contributed by atoms with Gasteiger partial charge in [-0.1, -0.05) is 19.4 Å². The molecule has 0 unspecified atom stereocenters. The summed E-state index contributed by atoms with van der Waals surface area (Å²) in [6.45, 7) is 2.07. The van der Waals surface area contributed by atoms with Crippen LogP contribution in [0.25, 0.3) is 0 Å². The summed E-state index contributed by atoms with van der Waals surface area (Å²) in [6.07, 6.45) is 7.35. The van der Waals surface area contributed by atoms with Crippen molar-refractivity contribution in [3.05, 3.63) is 43.0 Å². The first-order valence-electron chi connectivity index (χ1n) is 8.14. The van der Waals surface area contributed by atoms with Gasteiger partial charge in [0.15, 0.2) is 0 Å². The van der Waals surface area contributed by atoms with Crippen molar-refractivity contribution in [3.63, 3.8) is 0 Å². The third-order valence-corrected chi connectivity index (χ3v) is 5.70. The highest BCUT2D eigenvalue weighted by Crippen LogP contribution is 2.21. The van der Waals surface area contributed by atoms with Gasteiger partial charge in [0.25, 0.3) is 0 Å². The second-order valence-electron chi connectivity index (χ2n) is 6.02. The van der Waals surface area contributed by atoms with E-state index in [1.807, 2.05) is 10.8 Å². The lowest BCUT2D eigenvalue weighted by molar-refractivity contribution is -0.117. The molecular weight excluding hydrogens is 340 g/mol. The molecule has 0 spiro atoms. The number of hydrogen-bond donors (Lipinski definition) is 1. The van der Waals surface area contributed by atoms with E-state index in [1.165, 1.54) is 26.2 Å². The molecular formula is C17H24N4O3S. The third kappa shape index (κ3) is 4.90. The van der Waals surface area contributed by atoms with Crippen molar-refractivity contribution >= 4 is 21.6 Å². The van der Waals surface area contributed by atoms with E-state index in [2.05, 4.69) is 17.2 Å². The minimum atomic E-state index is -3.53. The van der Waals surface area contributed by atoms with Gasteiger partial charge in [0.1, 0.15) is 0 Å². The van der Waals surface area contributed by atoms with Crippen LogP contribution in [0.5, 0.6) is 0 Å². The smallest absolute Gasteiger partial charge is 0.242 e. The average molecular weight is 364 g/mol. The molecule has 0 fully saturated rings. The summed E-state index contributed by atoms with van der Waals surface area (Å²) in [5, 5.41) is 2.79. The molecule has 1 N–H and O–H groups in total. The second-order valence-corrected chi connectivity index (χ2v) is 8.17. The lowest BCUT2D eigenvalue weighted by Crippen LogP contribution is -2.22. The first-order chi connectivity index (χ1) is 11.8. The summed E-state index contributed by atoms with van der Waals surface area (Å²) in [5.41, 5.74) is 0.466. The fourth-order valence-electron chi connectivity index (χ4n) is 2.55. The van der Waals surface area contributed by atoms with Gasteiger partial charge in [-0.05, 0) is 24.6 Å². The molecule has 1 aromatic carbocycles. The Morgan fingerprint density at radius 1 is 1.36 bits per heavy atom. The average Bonchev–Trinajstić information content (AvgIpc) is 3.09. The van der Waals surface area contributed by atoms with Gasteiger partial charge in [0.2, 0.25) is 15.9 Å². The largest absolute Gasteiger partial charge is 0.334 e. The molecule has 0 aliphatic rings. The second kappa shape index (κ2) is 8.26. The van der Waals surface area contributed by atoms with E-state index >= 15 is 0 Å². The maximum Gasteiger partial charge on any atom is 0.242 e. The van der Waals surface area contributed by atoms with Crippen molar-refractivity contribution in [2.75, 3.05) is 19.4 Å². The Bertz CT molecular complexity index is 801. The van der Waals surface area contributed by atoms with Gasteiger partial charge in [-0.2, -0.15) is 0 Å². The molecule has 1 heterocycles. The van der Waals surface area contributed by atoms with Gasteiger partial charge in [-0.25, -0.2) is 17.7 Å². The van der Waals surface area contributed by atoms with Gasteiger partial charge >= 0.3 is 0 Å². The topological polar surface area (TPSA) is 84.3 Å². The van der Waals surface area contributed by atoms with E-state index < -0.39 is 10.0 Å². The van der Waals surface area contributed by atoms with Gasteiger partial charge in [-0.3, -0.25) is 4.79 Å². The van der Waals surface area contributed by atoms with E-state index in [9.17, 15) is 13.2 Å². The molecule has 0 saturated carbocycles. The minimum absolute atomic E-state index is 0.0289. The number of amides is 1. The number of sulfonamides is 1. The fourth-order valence-corrected chi connectivity index (χ4v) is 3.49. The first kappa shape index (κ1) is 19.1. The molecule has 2 aromatic rings. The van der Waals surface area contributed by atoms with Crippen molar-refractivity contribution in [3.8, 4) is 0 Å². The SMILES string of the molecule is CCC[C@@H](CC(=O)Nc1cccc(S(=O)(=O)N(C)C)c1)n1ccnc1. The number of hydrogen-bond acceptors (Lipinski definition) is 4. The molecule has 0 saturated heterocycles. The zero-order valence-corrected chi connectivity index (χ0v) is 15.5. The van der Waals surface area contributed by atoms with Crippen LogP contribution in [0, 0.1) is 0 Å². The Hall–Kier alpha value is -2.19. The summed E-state index contributed by atoms with van der Waals surface area (Å²) in [6, 6.07) is 6.31. The highest BCUT2D eigenvalue weighted by atomic mass is 32.2. The zero-order chi connectivity index (χ0) is 18.4. The molecule has 0 aliphatic heterocycles. The summed E-state index contributed by atoms with van der Waals surface area (Å²) in [5.74, 6) is -0.161. The highest BCUT2D eigenvalue weighted by molar-refractivity contribution is 7.89. The standard InChI is InChI=1S/C17H24N4O3S/c1-4-6-15(21-10-9-18-13-21)12-17(22)19-14-7-5-8-16(11-14)25(23,24)20(2)3/h5,7-11,13,15H,4,6,12H2,1-3H3,(H,19,22)/t15-/m0/s1. The molecule has 1 aromatic heterocycles. The van der Waals surface area contributed by atoms with E-state index in [0.717, 1.165) is 17.1 Å². The number of imidazole rings is 1. The Morgan fingerprint density at radius 2 is 2.12 bits per heavy atom. The number of anilines is 1. The maximum atomic E-state index is 12.4. The molecule has 1 atom stereocenters. The highest BCUT2D eigenvalue weighted by Gasteiger charge is 2.19. The summed E-state index contributed by atoms with van der Waals surface area (Å²) in [4.78, 5) is 16.6. The molecule has 7 nitrogen and oxygen atoms in total. The summed E-state index contributed by atoms with van der Waals surface area (Å²) >= 11 is 0. The number of benzene rings is 1. The van der Waals surface area contributed by atoms with Crippen molar-refractivity contribution in [2.24, 2.45) is 0 Å². The van der Waals surface area contributed by atoms with Crippen LogP contribution in [0.15, 0.2) is 47.9 Å². The molecule has 136 valence electrons. The third-order valence-electron chi connectivity index (χ3n) is 3.89. The van der Waals surface area contributed by atoms with Gasteiger partial charge in [0, 0.05) is 44.6 Å². The quantitative estimate of drug-likeness (QED) is 0.780. The fraction of sp³-hybridized carbons (Fsp3) is 0.412. The predicted octanol–water partition coefficient (Wildman–Crippen LogP) is 2.50. The maximum absolute atomic E-state index is 12.4. The van der Waals surface area contributed by atoms with Crippen molar-refractivity contribution in [2.45, 2.75) is 37.1 Å². The van der Waals surface area contributed by atoms with Crippen LogP contribution in [0.2, 0.25) is 0 Å². The van der Waals surface area contributed by atoms with Crippen LogP contribution in [0.4, 0.5) is 5.69 Å². The lowest BCUT2D eigenvalue weighted by Gasteiger charge is -2.17. The Labute approximate surface area is 148 Å². The van der Waals surface area contributed by atoms with Crippen LogP contribution < -0.4 is 5.32 Å². The van der Waals surface area contributed by atoms with Crippen LogP contribution in [-0.4, -0.2) is 42.3 Å². The van der Waals surface area contributed by atoms with E-state index in [-0.39, 0.29) is 16.8 Å². The minimum Gasteiger partial charge on any atom is -0.334 e. The van der Waals surface area contributed by atoms with Gasteiger partial charge in [-0.15, -0.1) is 0 Å². The molecule has 0 bridgehead atoms. The number of nitrogens with zero attached hydrogens (tertiary/aromatic N) is 3. The van der Waals surface area contributed by atoms with Gasteiger partial charge in [0.05, 0.1) is 11.2 Å². The molecule has 1 amide bonds. The lowest BCUT2D eigenvalue weighted by atomic mass is 10.1. The molecule has 25 heavy (non-hydrogen) atoms. The van der Waals surface area contributed by atoms with Crippen molar-refractivity contribution in [1.82, 2.24) is 13.9 Å². The van der Waals surface area contributed by atoms with Crippen LogP contribution in [-0.2, 0) is 14.8 Å². The Kier molecular flexibility index (Phi) is 6.33. The Morgan fingerprint density at radius 3 is 2.72 bits per heavy atom. The number of carbonyl (C=O) groups excluding carboxylic acids is 1. The van der Waals surface area contributed by atoms with Crippen LogP contribution in [0.3, 0.4) is 0 Å². The number of carbonyl (C=O) groups is 1. The van der Waals surface area contributed by atoms with Crippen molar-refractivity contribution in [1.29, 1.82) is 0 Å². The normalized spacial score (nSPS) is 13.0. The predicted molar refractivity (Wildman–Crippen MR) is 96.7 cm³/mol. The molecule has 0 aliphatic carbocycles. The molecule has 8 heteroatoms. The van der Waals surface area contributed by atoms with Crippen molar-refractivity contribution < 1.29 is 13.2 Å².